The zero-order chi connectivity index (χ0) is 15.2. The molecular weight excluding hydrogens is 244 g/mol. The van der Waals surface area contributed by atoms with Gasteiger partial charge in [0.2, 0.25) is 0 Å². The first-order chi connectivity index (χ1) is 9.38. The van der Waals surface area contributed by atoms with Crippen molar-refractivity contribution in [2.45, 2.75) is 91.6 Å². The first kappa shape index (κ1) is 18.0. The van der Waals surface area contributed by atoms with Crippen molar-refractivity contribution in [3.8, 4) is 0 Å². The zero-order valence-electron chi connectivity index (χ0n) is 14.9. The van der Waals surface area contributed by atoms with E-state index in [0.29, 0.717) is 17.0 Å². The third kappa shape index (κ3) is 5.04. The Hall–Kier alpha value is -0.0800. The van der Waals surface area contributed by atoms with E-state index in [2.05, 4.69) is 51.8 Å². The van der Waals surface area contributed by atoms with Crippen molar-refractivity contribution in [2.24, 2.45) is 5.41 Å². The Morgan fingerprint density at radius 3 is 2.35 bits per heavy atom. The second-order valence-electron chi connectivity index (χ2n) is 7.74. The van der Waals surface area contributed by atoms with Gasteiger partial charge in [-0.15, -0.1) is 0 Å². The molecule has 0 spiro atoms. The van der Waals surface area contributed by atoms with E-state index in [0.717, 1.165) is 6.54 Å². The Morgan fingerprint density at radius 1 is 1.15 bits per heavy atom. The summed E-state index contributed by atoms with van der Waals surface area (Å²) >= 11 is 0. The highest BCUT2D eigenvalue weighted by atomic mass is 15.3. The number of unbranched alkanes of at least 4 members (excludes halogenated alkanes) is 2. The van der Waals surface area contributed by atoms with Crippen molar-refractivity contribution >= 4 is 0 Å². The second kappa shape index (κ2) is 7.79. The van der Waals surface area contributed by atoms with Gasteiger partial charge in [0.15, 0.2) is 0 Å². The van der Waals surface area contributed by atoms with Crippen LogP contribution in [0.2, 0.25) is 0 Å². The van der Waals surface area contributed by atoms with Gasteiger partial charge in [-0.2, -0.15) is 0 Å². The number of nitrogens with zero attached hydrogens (tertiary/aromatic N) is 1. The molecule has 1 fully saturated rings. The Labute approximate surface area is 127 Å². The maximum atomic E-state index is 3.81. The molecule has 0 amide bonds. The van der Waals surface area contributed by atoms with Gasteiger partial charge in [-0.3, -0.25) is 4.90 Å². The van der Waals surface area contributed by atoms with Gasteiger partial charge in [-0.25, -0.2) is 0 Å². The number of piperazine rings is 1. The van der Waals surface area contributed by atoms with Crippen LogP contribution in [-0.2, 0) is 0 Å². The molecule has 1 saturated heterocycles. The van der Waals surface area contributed by atoms with E-state index in [-0.39, 0.29) is 0 Å². The molecule has 1 N–H and O–H groups in total. The van der Waals surface area contributed by atoms with Crippen molar-refractivity contribution in [1.82, 2.24) is 10.2 Å². The highest BCUT2D eigenvalue weighted by Crippen LogP contribution is 2.29. The largest absolute Gasteiger partial charge is 0.308 e. The summed E-state index contributed by atoms with van der Waals surface area (Å²) in [6.45, 7) is 17.9. The zero-order valence-corrected chi connectivity index (χ0v) is 14.9. The molecule has 1 aliphatic rings. The SMILES string of the molecule is CCCCCC(C)(C)CN1CC(CC)(CC)NCC1C. The minimum Gasteiger partial charge on any atom is -0.308 e. The maximum absolute atomic E-state index is 3.81. The predicted octanol–water partition coefficient (Wildman–Crippen LogP) is 4.45. The minimum absolute atomic E-state index is 0.353. The molecular formula is C18H38N2. The average Bonchev–Trinajstić information content (AvgIpc) is 2.41. The molecule has 1 heterocycles. The lowest BCUT2D eigenvalue weighted by atomic mass is 9.83. The van der Waals surface area contributed by atoms with Crippen LogP contribution in [0.15, 0.2) is 0 Å². The summed E-state index contributed by atoms with van der Waals surface area (Å²) < 4.78 is 0. The monoisotopic (exact) mass is 282 g/mol. The number of hydrogen-bond donors (Lipinski definition) is 1. The molecule has 0 saturated carbocycles. The Bertz CT molecular complexity index is 269. The summed E-state index contributed by atoms with van der Waals surface area (Å²) in [7, 11) is 0. The van der Waals surface area contributed by atoms with E-state index in [1.165, 1.54) is 51.6 Å². The van der Waals surface area contributed by atoms with E-state index < -0.39 is 0 Å². The van der Waals surface area contributed by atoms with Crippen molar-refractivity contribution in [3.05, 3.63) is 0 Å². The summed E-state index contributed by atoms with van der Waals surface area (Å²) in [4.78, 5) is 2.75. The lowest BCUT2D eigenvalue weighted by Crippen LogP contribution is -2.64. The first-order valence-corrected chi connectivity index (χ1v) is 8.87. The minimum atomic E-state index is 0.353. The van der Waals surface area contributed by atoms with Crippen LogP contribution in [0.4, 0.5) is 0 Å². The van der Waals surface area contributed by atoms with Crippen LogP contribution in [0.5, 0.6) is 0 Å². The van der Waals surface area contributed by atoms with Gasteiger partial charge in [0, 0.05) is 31.2 Å². The standard InChI is InChI=1S/C18H38N2/c1-7-10-11-12-17(5,6)14-20-15-18(8-2,9-3)19-13-16(20)4/h16,19H,7-15H2,1-6H3. The van der Waals surface area contributed by atoms with Gasteiger partial charge in [0.1, 0.15) is 0 Å². The van der Waals surface area contributed by atoms with Crippen molar-refractivity contribution in [2.75, 3.05) is 19.6 Å². The van der Waals surface area contributed by atoms with Crippen molar-refractivity contribution < 1.29 is 0 Å². The lowest BCUT2D eigenvalue weighted by Gasteiger charge is -2.48. The van der Waals surface area contributed by atoms with E-state index in [4.69, 9.17) is 0 Å². The first-order valence-electron chi connectivity index (χ1n) is 8.87. The average molecular weight is 283 g/mol. The van der Waals surface area contributed by atoms with Crippen LogP contribution < -0.4 is 5.32 Å². The second-order valence-corrected chi connectivity index (χ2v) is 7.74. The molecule has 20 heavy (non-hydrogen) atoms. The summed E-state index contributed by atoms with van der Waals surface area (Å²) in [5, 5.41) is 3.81. The summed E-state index contributed by atoms with van der Waals surface area (Å²) in [5.74, 6) is 0. The molecule has 0 radical (unpaired) electrons. The third-order valence-electron chi connectivity index (χ3n) is 5.34. The Kier molecular flexibility index (Phi) is 7.00. The molecule has 2 nitrogen and oxygen atoms in total. The van der Waals surface area contributed by atoms with Gasteiger partial charge >= 0.3 is 0 Å². The van der Waals surface area contributed by atoms with Crippen LogP contribution in [0.25, 0.3) is 0 Å². The predicted molar refractivity (Wildman–Crippen MR) is 90.3 cm³/mol. The number of nitrogens with one attached hydrogen (secondary N) is 1. The van der Waals surface area contributed by atoms with Crippen LogP contribution in [0, 0.1) is 5.41 Å². The van der Waals surface area contributed by atoms with E-state index in [1.807, 2.05) is 0 Å². The van der Waals surface area contributed by atoms with Crippen LogP contribution in [-0.4, -0.2) is 36.1 Å². The van der Waals surface area contributed by atoms with Crippen LogP contribution >= 0.6 is 0 Å². The fraction of sp³-hybridized carbons (Fsp3) is 1.00. The molecule has 0 aromatic heterocycles. The van der Waals surface area contributed by atoms with E-state index in [1.54, 1.807) is 0 Å². The number of hydrogen-bond acceptors (Lipinski definition) is 2. The van der Waals surface area contributed by atoms with Crippen molar-refractivity contribution in [1.29, 1.82) is 0 Å². The summed E-state index contributed by atoms with van der Waals surface area (Å²) in [6, 6.07) is 0.673. The molecule has 2 heteroatoms. The summed E-state index contributed by atoms with van der Waals surface area (Å²) in [5.41, 5.74) is 0.806. The van der Waals surface area contributed by atoms with Gasteiger partial charge < -0.3 is 5.32 Å². The molecule has 0 bridgehead atoms. The van der Waals surface area contributed by atoms with Gasteiger partial charge in [-0.05, 0) is 31.6 Å². The highest BCUT2D eigenvalue weighted by molar-refractivity contribution is 4.96. The quantitative estimate of drug-likeness (QED) is 0.662. The Morgan fingerprint density at radius 2 is 1.80 bits per heavy atom. The molecule has 1 atom stereocenters. The van der Waals surface area contributed by atoms with Crippen LogP contribution in [0.1, 0.15) is 80.1 Å². The van der Waals surface area contributed by atoms with Gasteiger partial charge in [-0.1, -0.05) is 53.9 Å². The van der Waals surface area contributed by atoms with Gasteiger partial charge in [0.25, 0.3) is 0 Å². The van der Waals surface area contributed by atoms with E-state index >= 15 is 0 Å². The molecule has 1 rings (SSSR count). The topological polar surface area (TPSA) is 15.3 Å². The van der Waals surface area contributed by atoms with Crippen molar-refractivity contribution in [3.63, 3.8) is 0 Å². The molecule has 0 aromatic rings. The summed E-state index contributed by atoms with van der Waals surface area (Å²) in [6.07, 6.45) is 7.94. The number of rotatable bonds is 8. The Balaban J connectivity index is 2.59. The normalized spacial score (nSPS) is 24.0. The smallest absolute Gasteiger partial charge is 0.0304 e. The lowest BCUT2D eigenvalue weighted by molar-refractivity contribution is 0.0463. The molecule has 120 valence electrons. The maximum Gasteiger partial charge on any atom is 0.0304 e. The molecule has 0 aromatic carbocycles. The fourth-order valence-electron chi connectivity index (χ4n) is 3.51. The molecule has 1 unspecified atom stereocenters. The third-order valence-corrected chi connectivity index (χ3v) is 5.34. The fourth-order valence-corrected chi connectivity index (χ4v) is 3.51. The molecule has 1 aliphatic heterocycles. The molecule has 0 aliphatic carbocycles. The highest BCUT2D eigenvalue weighted by Gasteiger charge is 2.36. The van der Waals surface area contributed by atoms with Crippen LogP contribution in [0.3, 0.4) is 0 Å². The van der Waals surface area contributed by atoms with E-state index in [9.17, 15) is 0 Å². The van der Waals surface area contributed by atoms with Gasteiger partial charge in [0.05, 0.1) is 0 Å².